The number of nitrogens with zero attached hydrogens (tertiary/aromatic N) is 2. The summed E-state index contributed by atoms with van der Waals surface area (Å²) in [5.74, 6) is -0.186. The number of hydrogen-bond acceptors (Lipinski definition) is 4. The number of rotatable bonds is 2. The van der Waals surface area contributed by atoms with Crippen LogP contribution in [0.25, 0.3) is 16.7 Å². The number of halogens is 1. The van der Waals surface area contributed by atoms with E-state index in [1.54, 1.807) is 6.20 Å². The Balaban J connectivity index is 1.97. The molecule has 0 saturated carbocycles. The molecule has 0 radical (unpaired) electrons. The smallest absolute Gasteiger partial charge is 0.205 e. The molecule has 1 unspecified atom stereocenters. The number of fused-ring (bicyclic) bond motifs is 1. The van der Waals surface area contributed by atoms with E-state index in [2.05, 4.69) is 33.1 Å². The van der Waals surface area contributed by atoms with E-state index in [4.69, 9.17) is 10.5 Å². The highest BCUT2D eigenvalue weighted by atomic mass is 79.9. The fourth-order valence-corrected chi connectivity index (χ4v) is 3.58. The molecule has 2 aromatic carbocycles. The fraction of sp³-hybridized carbons (Fsp3) is 0.0476. The van der Waals surface area contributed by atoms with Crippen molar-refractivity contribution < 1.29 is 4.74 Å². The maximum absolute atomic E-state index is 9.94. The van der Waals surface area contributed by atoms with Gasteiger partial charge in [0.25, 0.3) is 0 Å². The Morgan fingerprint density at radius 2 is 1.70 bits per heavy atom. The van der Waals surface area contributed by atoms with Gasteiger partial charge in [0.15, 0.2) is 5.76 Å². The largest absolute Gasteiger partial charge is 0.439 e. The molecular weight excluding hydrogens is 404 g/mol. The number of H-pyrrole nitrogens is 1. The molecule has 3 N–H and O–H groups in total. The van der Waals surface area contributed by atoms with Crippen molar-refractivity contribution in [1.29, 1.82) is 10.5 Å². The maximum atomic E-state index is 9.94. The van der Waals surface area contributed by atoms with Crippen LogP contribution in [0.3, 0.4) is 0 Å². The van der Waals surface area contributed by atoms with Crippen molar-refractivity contribution in [1.82, 2.24) is 4.98 Å². The number of benzene rings is 2. The molecule has 5 nitrogen and oxygen atoms in total. The summed E-state index contributed by atoms with van der Waals surface area (Å²) in [4.78, 5) is 3.18. The van der Waals surface area contributed by atoms with Crippen LogP contribution in [0.1, 0.15) is 17.0 Å². The summed E-state index contributed by atoms with van der Waals surface area (Å²) in [6.45, 7) is 0. The van der Waals surface area contributed by atoms with Crippen molar-refractivity contribution in [2.75, 3.05) is 0 Å². The van der Waals surface area contributed by atoms with Gasteiger partial charge >= 0.3 is 0 Å². The van der Waals surface area contributed by atoms with Crippen LogP contribution in [0.15, 0.2) is 76.2 Å². The normalized spacial score (nSPS) is 16.8. The first-order valence-electron chi connectivity index (χ1n) is 8.18. The van der Waals surface area contributed by atoms with Gasteiger partial charge in [-0.2, -0.15) is 10.5 Å². The summed E-state index contributed by atoms with van der Waals surface area (Å²) in [5.41, 5.74) is 9.13. The van der Waals surface area contributed by atoms with E-state index >= 15 is 0 Å². The van der Waals surface area contributed by atoms with Gasteiger partial charge in [0, 0.05) is 27.1 Å². The molecule has 3 aromatic rings. The Kier molecular flexibility index (Phi) is 4.19. The minimum Gasteiger partial charge on any atom is -0.439 e. The van der Waals surface area contributed by atoms with Crippen molar-refractivity contribution in [2.45, 2.75) is 5.92 Å². The molecule has 0 spiro atoms. The van der Waals surface area contributed by atoms with Gasteiger partial charge in [0.05, 0.1) is 17.6 Å². The van der Waals surface area contributed by atoms with Crippen LogP contribution < -0.4 is 5.73 Å². The van der Waals surface area contributed by atoms with E-state index in [1.165, 1.54) is 0 Å². The highest BCUT2D eigenvalue weighted by Crippen LogP contribution is 2.43. The number of para-hydroxylation sites is 1. The van der Waals surface area contributed by atoms with E-state index in [-0.39, 0.29) is 11.5 Å². The zero-order valence-corrected chi connectivity index (χ0v) is 15.6. The highest BCUT2D eigenvalue weighted by molar-refractivity contribution is 9.10. The van der Waals surface area contributed by atoms with Crippen molar-refractivity contribution >= 4 is 32.6 Å². The number of aromatic amines is 1. The lowest BCUT2D eigenvalue weighted by atomic mass is 9.82. The molecule has 6 heteroatoms. The molecule has 0 bridgehead atoms. The second-order valence-corrected chi connectivity index (χ2v) is 6.99. The molecule has 1 atom stereocenters. The topological polar surface area (TPSA) is 98.6 Å². The van der Waals surface area contributed by atoms with Crippen molar-refractivity contribution in [3.8, 4) is 12.1 Å². The number of nitriles is 2. The molecule has 0 amide bonds. The molecule has 27 heavy (non-hydrogen) atoms. The predicted molar refractivity (Wildman–Crippen MR) is 106 cm³/mol. The third-order valence-electron chi connectivity index (χ3n) is 4.58. The molecule has 130 valence electrons. The number of nitrogens with one attached hydrogen (secondary N) is 1. The van der Waals surface area contributed by atoms with Crippen LogP contribution in [-0.2, 0) is 4.74 Å². The number of hydrogen-bond donors (Lipinski definition) is 2. The van der Waals surface area contributed by atoms with Gasteiger partial charge in [-0.3, -0.25) is 0 Å². The first-order valence-corrected chi connectivity index (χ1v) is 8.97. The first kappa shape index (κ1) is 17.0. The average Bonchev–Trinajstić information content (AvgIpc) is 3.12. The number of allylic oxidation sites excluding steroid dienone is 2. The van der Waals surface area contributed by atoms with Crippen LogP contribution in [0.5, 0.6) is 0 Å². The summed E-state index contributed by atoms with van der Waals surface area (Å²) < 4.78 is 6.69. The standard InChI is InChI=1S/C21H13BrN4O/c22-13-7-5-12(6-8-13)19-15(9-23)20(27-21(25)16(19)10-24)17-11-26-18-4-2-1-3-14(17)18/h1-8,11,19,26H,25H2. The van der Waals surface area contributed by atoms with E-state index in [1.807, 2.05) is 48.5 Å². The van der Waals surface area contributed by atoms with Gasteiger partial charge in [-0.1, -0.05) is 46.3 Å². The average molecular weight is 417 g/mol. The van der Waals surface area contributed by atoms with Crippen LogP contribution in [0, 0.1) is 22.7 Å². The summed E-state index contributed by atoms with van der Waals surface area (Å²) in [6, 6.07) is 19.6. The van der Waals surface area contributed by atoms with E-state index in [0.29, 0.717) is 11.3 Å². The molecule has 1 aliphatic heterocycles. The van der Waals surface area contributed by atoms with Gasteiger partial charge in [0.1, 0.15) is 11.6 Å². The summed E-state index contributed by atoms with van der Waals surface area (Å²) in [6.07, 6.45) is 1.79. The highest BCUT2D eigenvalue weighted by Gasteiger charge is 2.34. The molecule has 1 aliphatic rings. The van der Waals surface area contributed by atoms with Crippen molar-refractivity contribution in [3.63, 3.8) is 0 Å². The second kappa shape index (κ2) is 6.68. The van der Waals surface area contributed by atoms with Crippen LogP contribution >= 0.6 is 15.9 Å². The Morgan fingerprint density at radius 1 is 1.00 bits per heavy atom. The minimum atomic E-state index is -0.578. The minimum absolute atomic E-state index is 0.0182. The Labute approximate surface area is 164 Å². The number of nitrogens with two attached hydrogens (primary N) is 1. The van der Waals surface area contributed by atoms with Gasteiger partial charge < -0.3 is 15.5 Å². The van der Waals surface area contributed by atoms with Crippen LogP contribution in [0.4, 0.5) is 0 Å². The Bertz CT molecular complexity index is 1190. The van der Waals surface area contributed by atoms with Crippen molar-refractivity contribution in [2.24, 2.45) is 5.73 Å². The second-order valence-electron chi connectivity index (χ2n) is 6.08. The Hall–Kier alpha value is -3.48. The van der Waals surface area contributed by atoms with Gasteiger partial charge in [-0.15, -0.1) is 0 Å². The van der Waals surface area contributed by atoms with Gasteiger partial charge in [-0.05, 0) is 23.8 Å². The molecule has 0 saturated heterocycles. The zero-order chi connectivity index (χ0) is 19.0. The van der Waals surface area contributed by atoms with Crippen LogP contribution in [-0.4, -0.2) is 4.98 Å². The van der Waals surface area contributed by atoms with Gasteiger partial charge in [0.2, 0.25) is 5.88 Å². The summed E-state index contributed by atoms with van der Waals surface area (Å²) >= 11 is 3.41. The lowest BCUT2D eigenvalue weighted by Gasteiger charge is -2.25. The van der Waals surface area contributed by atoms with Crippen molar-refractivity contribution in [3.05, 3.63) is 87.4 Å². The molecular formula is C21H13BrN4O. The van der Waals surface area contributed by atoms with E-state index in [0.717, 1.165) is 26.5 Å². The molecule has 0 fully saturated rings. The Morgan fingerprint density at radius 3 is 2.41 bits per heavy atom. The van der Waals surface area contributed by atoms with E-state index < -0.39 is 5.92 Å². The third-order valence-corrected chi connectivity index (χ3v) is 5.11. The maximum Gasteiger partial charge on any atom is 0.205 e. The molecule has 4 rings (SSSR count). The predicted octanol–water partition coefficient (Wildman–Crippen LogP) is 4.67. The van der Waals surface area contributed by atoms with Gasteiger partial charge in [-0.25, -0.2) is 0 Å². The lowest BCUT2D eigenvalue weighted by molar-refractivity contribution is 0.358. The molecule has 2 heterocycles. The first-order chi connectivity index (χ1) is 13.1. The monoisotopic (exact) mass is 416 g/mol. The third kappa shape index (κ3) is 2.77. The lowest BCUT2D eigenvalue weighted by Crippen LogP contribution is -2.20. The summed E-state index contributed by atoms with van der Waals surface area (Å²) in [7, 11) is 0. The number of ether oxygens (including phenoxy) is 1. The summed E-state index contributed by atoms with van der Waals surface area (Å²) in [5, 5.41) is 20.5. The SMILES string of the molecule is N#CC1=C(N)OC(c2c[nH]c3ccccc23)=C(C#N)C1c1ccc(Br)cc1. The number of aromatic nitrogens is 1. The molecule has 0 aliphatic carbocycles. The quantitative estimate of drug-likeness (QED) is 0.633. The van der Waals surface area contributed by atoms with E-state index in [9.17, 15) is 10.5 Å². The fourth-order valence-electron chi connectivity index (χ4n) is 3.32. The molecule has 1 aromatic heterocycles. The van der Waals surface area contributed by atoms with Crippen LogP contribution in [0.2, 0.25) is 0 Å². The zero-order valence-electron chi connectivity index (χ0n) is 14.0.